The number of hydrogen-bond donors (Lipinski definition) is 1. The van der Waals surface area contributed by atoms with Gasteiger partial charge in [-0.3, -0.25) is 9.36 Å². The molecule has 108 valence electrons. The highest BCUT2D eigenvalue weighted by Crippen LogP contribution is 2.55. The summed E-state index contributed by atoms with van der Waals surface area (Å²) in [6.07, 6.45) is -0.815. The molecule has 0 radical (unpaired) electrons. The average Bonchev–Trinajstić information content (AvgIpc) is 2.73. The molecular formula is C13H16NO5P. The van der Waals surface area contributed by atoms with Crippen LogP contribution in [0.3, 0.4) is 0 Å². The Hall–Kier alpha value is -1.65. The lowest BCUT2D eigenvalue weighted by atomic mass is 10.2. The molecule has 1 fully saturated rings. The van der Waals surface area contributed by atoms with Gasteiger partial charge in [-0.05, 0) is 5.56 Å². The Morgan fingerprint density at radius 1 is 1.40 bits per heavy atom. The maximum Gasteiger partial charge on any atom is 0.408 e. The first kappa shape index (κ1) is 14.8. The smallest absolute Gasteiger partial charge is 0.408 e. The number of rotatable bonds is 4. The van der Waals surface area contributed by atoms with Gasteiger partial charge in [0.05, 0.1) is 6.16 Å². The number of benzene rings is 1. The van der Waals surface area contributed by atoms with Crippen LogP contribution in [0.1, 0.15) is 12.0 Å². The maximum absolute atomic E-state index is 12.2. The number of Topliss-reactive ketones (excluding diaryl/α,β-unsaturated/α-hetero) is 1. The number of amides is 1. The predicted octanol–water partition coefficient (Wildman–Crippen LogP) is 2.14. The lowest BCUT2D eigenvalue weighted by molar-refractivity contribution is -0.116. The molecule has 1 saturated heterocycles. The zero-order valence-corrected chi connectivity index (χ0v) is 12.0. The third-order valence-electron chi connectivity index (χ3n) is 3.10. The van der Waals surface area contributed by atoms with E-state index in [2.05, 4.69) is 5.32 Å². The first-order valence-corrected chi connectivity index (χ1v) is 8.05. The van der Waals surface area contributed by atoms with Gasteiger partial charge in [0.1, 0.15) is 18.2 Å². The van der Waals surface area contributed by atoms with E-state index in [1.807, 2.05) is 30.3 Å². The van der Waals surface area contributed by atoms with Crippen molar-refractivity contribution in [1.29, 1.82) is 0 Å². The van der Waals surface area contributed by atoms with Crippen LogP contribution < -0.4 is 5.32 Å². The third-order valence-corrected chi connectivity index (χ3v) is 5.77. The molecule has 1 aromatic rings. The Morgan fingerprint density at radius 2 is 2.10 bits per heavy atom. The summed E-state index contributed by atoms with van der Waals surface area (Å²) in [5.74, 6) is -0.966. The van der Waals surface area contributed by atoms with Crippen molar-refractivity contribution in [1.82, 2.24) is 5.32 Å². The number of carbonyl (C=O) groups excluding carboxylic acids is 2. The van der Waals surface area contributed by atoms with Crippen molar-refractivity contribution in [2.75, 3.05) is 13.3 Å². The summed E-state index contributed by atoms with van der Waals surface area (Å²) in [6.45, 7) is 0.116. The molecule has 1 aliphatic rings. The third kappa shape index (κ3) is 3.46. The van der Waals surface area contributed by atoms with Crippen molar-refractivity contribution in [3.05, 3.63) is 35.9 Å². The van der Waals surface area contributed by atoms with E-state index >= 15 is 0 Å². The normalized spacial score (nSPS) is 25.4. The van der Waals surface area contributed by atoms with Gasteiger partial charge in [0.15, 0.2) is 0 Å². The Kier molecular flexibility index (Phi) is 4.57. The number of ether oxygens (including phenoxy) is 1. The number of carbonyl (C=O) groups is 2. The van der Waals surface area contributed by atoms with Crippen LogP contribution in [-0.4, -0.2) is 30.9 Å². The van der Waals surface area contributed by atoms with Crippen molar-refractivity contribution in [2.45, 2.75) is 18.8 Å². The van der Waals surface area contributed by atoms with Crippen LogP contribution in [0.4, 0.5) is 4.79 Å². The highest BCUT2D eigenvalue weighted by atomic mass is 31.2. The van der Waals surface area contributed by atoms with E-state index < -0.39 is 19.2 Å². The van der Waals surface area contributed by atoms with Gasteiger partial charge in [0.25, 0.3) is 0 Å². The van der Waals surface area contributed by atoms with E-state index in [0.717, 1.165) is 5.56 Å². The molecule has 1 N–H and O–H groups in total. The number of ketones is 1. The van der Waals surface area contributed by atoms with Crippen LogP contribution in [0.15, 0.2) is 30.3 Å². The van der Waals surface area contributed by atoms with Crippen molar-refractivity contribution < 1.29 is 23.4 Å². The number of alkyl carbamates (subject to hydrolysis) is 1. The molecule has 2 unspecified atom stereocenters. The van der Waals surface area contributed by atoms with E-state index in [1.165, 1.54) is 7.11 Å². The minimum atomic E-state index is -3.13. The molecular weight excluding hydrogens is 281 g/mol. The SMILES string of the molecule is COP1(=O)CC(=O)CC1NC(=O)OCc1ccccc1. The first-order chi connectivity index (χ1) is 9.53. The van der Waals surface area contributed by atoms with Crippen molar-refractivity contribution in [3.8, 4) is 0 Å². The monoisotopic (exact) mass is 297 g/mol. The first-order valence-electron chi connectivity index (χ1n) is 6.17. The summed E-state index contributed by atoms with van der Waals surface area (Å²) >= 11 is 0. The van der Waals surface area contributed by atoms with Gasteiger partial charge in [-0.15, -0.1) is 0 Å². The van der Waals surface area contributed by atoms with Gasteiger partial charge < -0.3 is 14.6 Å². The molecule has 1 aromatic carbocycles. The zero-order chi connectivity index (χ0) is 14.6. The second-order valence-corrected chi connectivity index (χ2v) is 7.29. The minimum absolute atomic E-state index is 0.0194. The molecule has 6 nitrogen and oxygen atoms in total. The van der Waals surface area contributed by atoms with Gasteiger partial charge in [-0.25, -0.2) is 4.79 Å². The molecule has 0 aromatic heterocycles. The summed E-state index contributed by atoms with van der Waals surface area (Å²) in [6, 6.07) is 9.19. The minimum Gasteiger partial charge on any atom is -0.445 e. The molecule has 0 bridgehead atoms. The highest BCUT2D eigenvalue weighted by molar-refractivity contribution is 7.61. The van der Waals surface area contributed by atoms with Gasteiger partial charge in [-0.1, -0.05) is 30.3 Å². The van der Waals surface area contributed by atoms with Crippen molar-refractivity contribution >= 4 is 19.2 Å². The second-order valence-electron chi connectivity index (χ2n) is 4.53. The zero-order valence-electron chi connectivity index (χ0n) is 11.1. The quantitative estimate of drug-likeness (QED) is 0.861. The molecule has 7 heteroatoms. The lowest BCUT2D eigenvalue weighted by Gasteiger charge is -2.18. The van der Waals surface area contributed by atoms with E-state index in [0.29, 0.717) is 0 Å². The second kappa shape index (κ2) is 6.20. The van der Waals surface area contributed by atoms with Crippen molar-refractivity contribution in [2.24, 2.45) is 0 Å². The molecule has 2 atom stereocenters. The Bertz CT molecular complexity index is 545. The van der Waals surface area contributed by atoms with E-state index in [9.17, 15) is 14.2 Å². The molecule has 0 aliphatic carbocycles. The molecule has 20 heavy (non-hydrogen) atoms. The molecule has 1 aliphatic heterocycles. The predicted molar refractivity (Wildman–Crippen MR) is 72.7 cm³/mol. The van der Waals surface area contributed by atoms with Gasteiger partial charge in [-0.2, -0.15) is 0 Å². The van der Waals surface area contributed by atoms with Crippen molar-refractivity contribution in [3.63, 3.8) is 0 Å². The van der Waals surface area contributed by atoms with Crippen LogP contribution in [-0.2, 0) is 25.2 Å². The Morgan fingerprint density at radius 3 is 2.75 bits per heavy atom. The average molecular weight is 297 g/mol. The fourth-order valence-corrected chi connectivity index (χ4v) is 4.03. The standard InChI is InChI=1S/C13H16NO5P/c1-18-20(17)9-11(15)7-12(20)14-13(16)19-8-10-5-3-2-4-6-10/h2-6,12H,7-9H2,1H3,(H,14,16). The molecule has 2 rings (SSSR count). The van der Waals surface area contributed by atoms with E-state index in [1.54, 1.807) is 0 Å². The van der Waals surface area contributed by atoms with Crippen LogP contribution >= 0.6 is 7.37 Å². The summed E-state index contributed by atoms with van der Waals surface area (Å²) in [4.78, 5) is 23.0. The molecule has 1 heterocycles. The summed E-state index contributed by atoms with van der Waals surface area (Å²) in [5, 5.41) is 2.45. The lowest BCUT2D eigenvalue weighted by Crippen LogP contribution is -2.33. The number of hydrogen-bond acceptors (Lipinski definition) is 5. The Balaban J connectivity index is 1.88. The Labute approximate surface area is 116 Å². The van der Waals surface area contributed by atoms with Crippen LogP contribution in [0, 0.1) is 0 Å². The summed E-state index contributed by atoms with van der Waals surface area (Å²) < 4.78 is 22.2. The van der Waals surface area contributed by atoms with Gasteiger partial charge >= 0.3 is 6.09 Å². The molecule has 0 saturated carbocycles. The fourth-order valence-electron chi connectivity index (χ4n) is 2.02. The fraction of sp³-hybridized carbons (Fsp3) is 0.385. The van der Waals surface area contributed by atoms with Crippen LogP contribution in [0.25, 0.3) is 0 Å². The van der Waals surface area contributed by atoms with Crippen LogP contribution in [0.2, 0.25) is 0 Å². The largest absolute Gasteiger partial charge is 0.445 e. The topological polar surface area (TPSA) is 81.7 Å². The van der Waals surface area contributed by atoms with E-state index in [4.69, 9.17) is 9.26 Å². The summed E-state index contributed by atoms with van der Waals surface area (Å²) in [7, 11) is -1.85. The molecule has 1 amide bonds. The van der Waals surface area contributed by atoms with Gasteiger partial charge in [0, 0.05) is 13.5 Å². The van der Waals surface area contributed by atoms with Crippen LogP contribution in [0.5, 0.6) is 0 Å². The molecule has 0 spiro atoms. The summed E-state index contributed by atoms with van der Waals surface area (Å²) in [5.41, 5.74) is 0.847. The van der Waals surface area contributed by atoms with Gasteiger partial charge in [0.2, 0.25) is 7.37 Å². The maximum atomic E-state index is 12.2. The highest BCUT2D eigenvalue weighted by Gasteiger charge is 2.44. The number of nitrogens with one attached hydrogen (secondary N) is 1. The van der Waals surface area contributed by atoms with E-state index in [-0.39, 0.29) is 25.0 Å².